The van der Waals surface area contributed by atoms with E-state index in [2.05, 4.69) is 5.32 Å². The van der Waals surface area contributed by atoms with Crippen LogP contribution in [0.4, 0.5) is 4.39 Å². The summed E-state index contributed by atoms with van der Waals surface area (Å²) in [6.07, 6.45) is 3.73. The highest BCUT2D eigenvalue weighted by atomic mass is 19.1. The Labute approximate surface area is 119 Å². The summed E-state index contributed by atoms with van der Waals surface area (Å²) in [5.41, 5.74) is 1.19. The monoisotopic (exact) mass is 276 g/mol. The summed E-state index contributed by atoms with van der Waals surface area (Å²) in [6.45, 7) is 3.89. The van der Waals surface area contributed by atoms with Gasteiger partial charge >= 0.3 is 0 Å². The van der Waals surface area contributed by atoms with Crippen molar-refractivity contribution in [2.75, 3.05) is 26.2 Å². The van der Waals surface area contributed by atoms with E-state index in [9.17, 15) is 9.18 Å². The van der Waals surface area contributed by atoms with Gasteiger partial charge in [-0.3, -0.25) is 4.79 Å². The third kappa shape index (κ3) is 2.85. The zero-order valence-corrected chi connectivity index (χ0v) is 11.7. The van der Waals surface area contributed by atoms with E-state index in [1.54, 1.807) is 6.07 Å². The normalized spacial score (nSPS) is 21.4. The molecule has 1 aromatic carbocycles. The fraction of sp³-hybridized carbons (Fsp3) is 0.562. The molecule has 2 aliphatic rings. The summed E-state index contributed by atoms with van der Waals surface area (Å²) in [6, 6.07) is 6.33. The number of rotatable bonds is 2. The molecule has 1 spiro atoms. The van der Waals surface area contributed by atoms with Crippen molar-refractivity contribution in [3.05, 3.63) is 35.6 Å². The van der Waals surface area contributed by atoms with Crippen LogP contribution in [0.3, 0.4) is 0 Å². The number of hydrogen-bond acceptors (Lipinski definition) is 2. The van der Waals surface area contributed by atoms with E-state index in [4.69, 9.17) is 0 Å². The average molecular weight is 276 g/mol. The molecule has 2 aliphatic heterocycles. The van der Waals surface area contributed by atoms with Crippen LogP contribution in [0.15, 0.2) is 24.3 Å². The molecule has 20 heavy (non-hydrogen) atoms. The first-order chi connectivity index (χ1) is 9.67. The number of carbonyl (C=O) groups is 1. The summed E-state index contributed by atoms with van der Waals surface area (Å²) in [5, 5.41) is 3.43. The van der Waals surface area contributed by atoms with Gasteiger partial charge in [0.05, 0.1) is 6.42 Å². The molecule has 108 valence electrons. The lowest BCUT2D eigenvalue weighted by Crippen LogP contribution is -2.44. The fourth-order valence-electron chi connectivity index (χ4n) is 3.39. The predicted octanol–water partition coefficient (Wildman–Crippen LogP) is 1.97. The highest BCUT2D eigenvalue weighted by Gasteiger charge is 2.37. The predicted molar refractivity (Wildman–Crippen MR) is 75.8 cm³/mol. The highest BCUT2D eigenvalue weighted by molar-refractivity contribution is 5.78. The SMILES string of the molecule is O=C(Cc1cccc(F)c1)N1CCC2(CCNC2)CC1. The summed E-state index contributed by atoms with van der Waals surface area (Å²) < 4.78 is 13.1. The largest absolute Gasteiger partial charge is 0.342 e. The van der Waals surface area contributed by atoms with Crippen LogP contribution in [0.5, 0.6) is 0 Å². The summed E-state index contributed by atoms with van der Waals surface area (Å²) in [7, 11) is 0. The second-order valence-electron chi connectivity index (χ2n) is 6.11. The Balaban J connectivity index is 1.56. The molecule has 1 amide bonds. The van der Waals surface area contributed by atoms with Gasteiger partial charge in [0.15, 0.2) is 0 Å². The second-order valence-corrected chi connectivity index (χ2v) is 6.11. The first-order valence-corrected chi connectivity index (χ1v) is 7.40. The van der Waals surface area contributed by atoms with Crippen molar-refractivity contribution < 1.29 is 9.18 Å². The van der Waals surface area contributed by atoms with Gasteiger partial charge in [0.25, 0.3) is 0 Å². The average Bonchev–Trinajstić information content (AvgIpc) is 2.88. The second kappa shape index (κ2) is 5.52. The molecule has 3 nitrogen and oxygen atoms in total. The van der Waals surface area contributed by atoms with E-state index in [0.717, 1.165) is 44.6 Å². The first-order valence-electron chi connectivity index (χ1n) is 7.40. The lowest BCUT2D eigenvalue weighted by atomic mass is 9.78. The number of likely N-dealkylation sites (tertiary alicyclic amines) is 1. The van der Waals surface area contributed by atoms with Crippen molar-refractivity contribution in [1.82, 2.24) is 10.2 Å². The third-order valence-corrected chi connectivity index (χ3v) is 4.75. The molecule has 0 aromatic heterocycles. The topological polar surface area (TPSA) is 32.3 Å². The summed E-state index contributed by atoms with van der Waals surface area (Å²) in [5.74, 6) is -0.152. The molecule has 0 unspecified atom stereocenters. The molecule has 4 heteroatoms. The van der Waals surface area contributed by atoms with Crippen LogP contribution in [-0.4, -0.2) is 37.0 Å². The minimum absolute atomic E-state index is 0.122. The molecule has 2 saturated heterocycles. The Kier molecular flexibility index (Phi) is 3.74. The van der Waals surface area contributed by atoms with Crippen molar-refractivity contribution in [3.63, 3.8) is 0 Å². The molecule has 0 saturated carbocycles. The third-order valence-electron chi connectivity index (χ3n) is 4.75. The van der Waals surface area contributed by atoms with Gasteiger partial charge < -0.3 is 10.2 Å². The molecule has 0 aliphatic carbocycles. The van der Waals surface area contributed by atoms with E-state index in [1.807, 2.05) is 11.0 Å². The number of benzene rings is 1. The number of hydrogen-bond donors (Lipinski definition) is 1. The Morgan fingerprint density at radius 2 is 2.10 bits per heavy atom. The maximum Gasteiger partial charge on any atom is 0.226 e. The molecule has 0 bridgehead atoms. The van der Waals surface area contributed by atoms with Crippen LogP contribution in [0.2, 0.25) is 0 Å². The number of nitrogens with zero attached hydrogens (tertiary/aromatic N) is 1. The molecule has 2 fully saturated rings. The Morgan fingerprint density at radius 1 is 1.30 bits per heavy atom. The zero-order chi connectivity index (χ0) is 14.0. The van der Waals surface area contributed by atoms with Gasteiger partial charge in [-0.05, 0) is 48.9 Å². The van der Waals surface area contributed by atoms with Gasteiger partial charge in [0.1, 0.15) is 5.82 Å². The number of amides is 1. The van der Waals surface area contributed by atoms with Crippen molar-refractivity contribution in [3.8, 4) is 0 Å². The van der Waals surface area contributed by atoms with Crippen LogP contribution in [0, 0.1) is 11.2 Å². The van der Waals surface area contributed by atoms with Crippen molar-refractivity contribution in [2.45, 2.75) is 25.7 Å². The van der Waals surface area contributed by atoms with Crippen molar-refractivity contribution >= 4 is 5.91 Å². The van der Waals surface area contributed by atoms with Crippen LogP contribution >= 0.6 is 0 Å². The number of halogens is 1. The molecule has 2 heterocycles. The minimum atomic E-state index is -0.273. The van der Waals surface area contributed by atoms with Gasteiger partial charge in [0, 0.05) is 19.6 Å². The van der Waals surface area contributed by atoms with Crippen molar-refractivity contribution in [2.24, 2.45) is 5.41 Å². The molecule has 0 atom stereocenters. The van der Waals surface area contributed by atoms with Crippen LogP contribution in [0.25, 0.3) is 0 Å². The maximum absolute atomic E-state index is 13.1. The van der Waals surface area contributed by atoms with E-state index in [0.29, 0.717) is 11.8 Å². The van der Waals surface area contributed by atoms with E-state index in [1.165, 1.54) is 18.6 Å². The first kappa shape index (κ1) is 13.6. The van der Waals surface area contributed by atoms with E-state index >= 15 is 0 Å². The lowest BCUT2D eigenvalue weighted by molar-refractivity contribution is -0.132. The van der Waals surface area contributed by atoms with Crippen LogP contribution in [-0.2, 0) is 11.2 Å². The number of carbonyl (C=O) groups excluding carboxylic acids is 1. The standard InChI is InChI=1S/C16H21FN2O/c17-14-3-1-2-13(10-14)11-15(20)19-8-5-16(6-9-19)4-7-18-12-16/h1-3,10,18H,4-9,11-12H2. The maximum atomic E-state index is 13.1. The quantitative estimate of drug-likeness (QED) is 0.895. The van der Waals surface area contributed by atoms with E-state index in [-0.39, 0.29) is 11.7 Å². The van der Waals surface area contributed by atoms with Crippen LogP contribution < -0.4 is 5.32 Å². The summed E-state index contributed by atoms with van der Waals surface area (Å²) >= 11 is 0. The minimum Gasteiger partial charge on any atom is -0.342 e. The number of nitrogens with one attached hydrogen (secondary N) is 1. The van der Waals surface area contributed by atoms with Gasteiger partial charge in [-0.15, -0.1) is 0 Å². The van der Waals surface area contributed by atoms with Crippen molar-refractivity contribution in [1.29, 1.82) is 0 Å². The Hall–Kier alpha value is -1.42. The smallest absolute Gasteiger partial charge is 0.226 e. The van der Waals surface area contributed by atoms with Gasteiger partial charge in [-0.25, -0.2) is 4.39 Å². The molecular weight excluding hydrogens is 255 g/mol. The molecule has 1 N–H and O–H groups in total. The summed E-state index contributed by atoms with van der Waals surface area (Å²) in [4.78, 5) is 14.2. The van der Waals surface area contributed by atoms with Crippen LogP contribution in [0.1, 0.15) is 24.8 Å². The highest BCUT2D eigenvalue weighted by Crippen LogP contribution is 2.36. The lowest BCUT2D eigenvalue weighted by Gasteiger charge is -2.39. The Bertz CT molecular complexity index is 487. The molecular formula is C16H21FN2O. The van der Waals surface area contributed by atoms with E-state index < -0.39 is 0 Å². The zero-order valence-electron chi connectivity index (χ0n) is 11.7. The Morgan fingerprint density at radius 3 is 2.75 bits per heavy atom. The fourth-order valence-corrected chi connectivity index (χ4v) is 3.39. The molecule has 1 aromatic rings. The van der Waals surface area contributed by atoms with Gasteiger partial charge in [-0.2, -0.15) is 0 Å². The molecule has 3 rings (SSSR count). The van der Waals surface area contributed by atoms with Gasteiger partial charge in [0.2, 0.25) is 5.91 Å². The molecule has 0 radical (unpaired) electrons. The number of piperidine rings is 1. The van der Waals surface area contributed by atoms with Gasteiger partial charge in [-0.1, -0.05) is 12.1 Å².